The summed E-state index contributed by atoms with van der Waals surface area (Å²) in [6, 6.07) is 0. The van der Waals surface area contributed by atoms with Crippen LogP contribution in [-0.2, 0) is 4.74 Å². The van der Waals surface area contributed by atoms with Gasteiger partial charge >= 0.3 is 0 Å². The molecule has 0 radical (unpaired) electrons. The summed E-state index contributed by atoms with van der Waals surface area (Å²) in [4.78, 5) is 0. The van der Waals surface area contributed by atoms with Gasteiger partial charge in [0.1, 0.15) is 5.76 Å². The number of ether oxygens (including phenoxy) is 1. The third kappa shape index (κ3) is 3.67. The van der Waals surface area contributed by atoms with E-state index >= 15 is 0 Å². The molecule has 2 aliphatic rings. The lowest BCUT2D eigenvalue weighted by Gasteiger charge is -2.04. The zero-order valence-electron chi connectivity index (χ0n) is 9.61. The zero-order chi connectivity index (χ0) is 12.1. The van der Waals surface area contributed by atoms with E-state index in [1.807, 2.05) is 55.5 Å². The van der Waals surface area contributed by atoms with Gasteiger partial charge in [0, 0.05) is 5.03 Å². The fourth-order valence-corrected chi connectivity index (χ4v) is 1.57. The summed E-state index contributed by atoms with van der Waals surface area (Å²) < 4.78 is 5.73. The van der Waals surface area contributed by atoms with E-state index in [4.69, 9.17) is 16.3 Å². The normalized spacial score (nSPS) is 18.7. The second-order valence-corrected chi connectivity index (χ2v) is 4.22. The van der Waals surface area contributed by atoms with Crippen molar-refractivity contribution in [1.29, 1.82) is 0 Å². The van der Waals surface area contributed by atoms with E-state index in [9.17, 15) is 0 Å². The Morgan fingerprint density at radius 3 is 2.94 bits per heavy atom. The third-order valence-corrected chi connectivity index (χ3v) is 2.62. The molecule has 0 saturated heterocycles. The Morgan fingerprint density at radius 2 is 2.06 bits per heavy atom. The van der Waals surface area contributed by atoms with Crippen LogP contribution in [0.5, 0.6) is 0 Å². The van der Waals surface area contributed by atoms with E-state index in [-0.39, 0.29) is 0 Å². The van der Waals surface area contributed by atoms with Crippen LogP contribution in [0.2, 0.25) is 0 Å². The second-order valence-electron chi connectivity index (χ2n) is 3.79. The van der Waals surface area contributed by atoms with Crippen molar-refractivity contribution in [3.05, 3.63) is 76.5 Å². The number of allylic oxidation sites excluding steroid dienone is 9. The first-order valence-corrected chi connectivity index (χ1v) is 5.85. The molecule has 2 aliphatic carbocycles. The summed E-state index contributed by atoms with van der Waals surface area (Å²) in [6.45, 7) is 2.03. The molecule has 0 aromatic rings. The molecule has 2 heteroatoms. The first-order chi connectivity index (χ1) is 8.24. The van der Waals surface area contributed by atoms with Gasteiger partial charge in [0.15, 0.2) is 5.76 Å². The minimum Gasteiger partial charge on any atom is -0.449 e. The van der Waals surface area contributed by atoms with E-state index in [2.05, 4.69) is 5.73 Å². The second kappa shape index (κ2) is 5.58. The van der Waals surface area contributed by atoms with Crippen molar-refractivity contribution in [2.45, 2.75) is 13.3 Å². The van der Waals surface area contributed by atoms with Crippen molar-refractivity contribution >= 4 is 11.6 Å². The highest BCUT2D eigenvalue weighted by Crippen LogP contribution is 2.17. The number of hydrogen-bond donors (Lipinski definition) is 0. The fraction of sp³-hybridized carbons (Fsp3) is 0.133. The highest BCUT2D eigenvalue weighted by molar-refractivity contribution is 6.31. The Hall–Kier alpha value is -1.69. The molecule has 2 rings (SSSR count). The highest BCUT2D eigenvalue weighted by atomic mass is 35.5. The van der Waals surface area contributed by atoms with Gasteiger partial charge < -0.3 is 4.74 Å². The summed E-state index contributed by atoms with van der Waals surface area (Å²) in [6.07, 6.45) is 16.1. The van der Waals surface area contributed by atoms with Crippen molar-refractivity contribution in [1.82, 2.24) is 0 Å². The van der Waals surface area contributed by atoms with E-state index < -0.39 is 0 Å². The summed E-state index contributed by atoms with van der Waals surface area (Å²) >= 11 is 5.91. The smallest absolute Gasteiger partial charge is 0.169 e. The molecule has 86 valence electrons. The van der Waals surface area contributed by atoms with Crippen LogP contribution in [0.15, 0.2) is 76.5 Å². The van der Waals surface area contributed by atoms with Gasteiger partial charge in [-0.3, -0.25) is 0 Å². The minimum absolute atomic E-state index is 0.701. The number of hydrogen-bond acceptors (Lipinski definition) is 1. The summed E-state index contributed by atoms with van der Waals surface area (Å²) in [5.74, 6) is 1.49. The topological polar surface area (TPSA) is 9.23 Å². The van der Waals surface area contributed by atoms with Crippen LogP contribution in [0.25, 0.3) is 0 Å². The van der Waals surface area contributed by atoms with Crippen molar-refractivity contribution in [2.75, 3.05) is 0 Å². The number of rotatable bonds is 2. The molecule has 0 fully saturated rings. The Bertz CT molecular complexity index is 521. The molecule has 0 atom stereocenters. The molecule has 0 heterocycles. The molecule has 0 N–H and O–H groups in total. The Balaban J connectivity index is 2.09. The van der Waals surface area contributed by atoms with Crippen LogP contribution >= 0.6 is 11.6 Å². The molecule has 0 saturated carbocycles. The molecular formula is C15H13ClO. The van der Waals surface area contributed by atoms with Crippen LogP contribution in [-0.4, -0.2) is 0 Å². The van der Waals surface area contributed by atoms with Gasteiger partial charge in [-0.15, -0.1) is 0 Å². The molecule has 17 heavy (non-hydrogen) atoms. The molecule has 1 nitrogen and oxygen atoms in total. The van der Waals surface area contributed by atoms with E-state index in [0.29, 0.717) is 5.76 Å². The Kier molecular flexibility index (Phi) is 3.87. The van der Waals surface area contributed by atoms with Crippen LogP contribution in [0.3, 0.4) is 0 Å². The van der Waals surface area contributed by atoms with Crippen LogP contribution in [0, 0.1) is 0 Å². The van der Waals surface area contributed by atoms with Gasteiger partial charge in [0.25, 0.3) is 0 Å². The van der Waals surface area contributed by atoms with E-state index in [0.717, 1.165) is 17.2 Å². The van der Waals surface area contributed by atoms with E-state index in [1.54, 1.807) is 0 Å². The zero-order valence-corrected chi connectivity index (χ0v) is 10.4. The summed E-state index contributed by atoms with van der Waals surface area (Å²) in [7, 11) is 0. The predicted molar refractivity (Wildman–Crippen MR) is 71.4 cm³/mol. The lowest BCUT2D eigenvalue weighted by Crippen LogP contribution is -1.87. The molecule has 0 spiro atoms. The van der Waals surface area contributed by atoms with Gasteiger partial charge in [0.05, 0.1) is 0 Å². The molecule has 0 unspecified atom stereocenters. The molecule has 0 aromatic heterocycles. The molecule has 0 amide bonds. The van der Waals surface area contributed by atoms with Gasteiger partial charge in [-0.1, -0.05) is 41.1 Å². The standard InChI is InChI=1S/C15H13ClO/c1-12-4-2-6-14(10-8-12)17-15-7-3-5-13(16)9-11-15/h2,4-5,7-11H,3H2,1H3. The monoisotopic (exact) mass is 244 g/mol. The maximum absolute atomic E-state index is 5.91. The number of halogens is 1. The lowest BCUT2D eigenvalue weighted by atomic mass is 10.3. The third-order valence-electron chi connectivity index (χ3n) is 2.34. The fourth-order valence-electron chi connectivity index (χ4n) is 1.42. The molecule has 0 aliphatic heterocycles. The first-order valence-electron chi connectivity index (χ1n) is 5.47. The lowest BCUT2D eigenvalue weighted by molar-refractivity contribution is 0.336. The average Bonchev–Trinajstić information content (AvgIpc) is 2.62. The quantitative estimate of drug-likeness (QED) is 0.649. The van der Waals surface area contributed by atoms with Crippen LogP contribution < -0.4 is 0 Å². The first kappa shape index (κ1) is 11.8. The van der Waals surface area contributed by atoms with Crippen molar-refractivity contribution < 1.29 is 4.74 Å². The van der Waals surface area contributed by atoms with Crippen LogP contribution in [0.4, 0.5) is 0 Å². The van der Waals surface area contributed by atoms with Gasteiger partial charge in [0.2, 0.25) is 0 Å². The van der Waals surface area contributed by atoms with Crippen molar-refractivity contribution in [3.63, 3.8) is 0 Å². The molecule has 0 aromatic carbocycles. The van der Waals surface area contributed by atoms with Crippen molar-refractivity contribution in [3.8, 4) is 0 Å². The molecular weight excluding hydrogens is 232 g/mol. The maximum atomic E-state index is 5.91. The van der Waals surface area contributed by atoms with Gasteiger partial charge in [-0.2, -0.15) is 0 Å². The van der Waals surface area contributed by atoms with Gasteiger partial charge in [-0.25, -0.2) is 0 Å². The largest absolute Gasteiger partial charge is 0.449 e. The van der Waals surface area contributed by atoms with Gasteiger partial charge in [-0.05, 0) is 43.7 Å². The summed E-state index contributed by atoms with van der Waals surface area (Å²) in [5, 5.41) is 0.735. The average molecular weight is 245 g/mol. The Morgan fingerprint density at radius 1 is 1.18 bits per heavy atom. The minimum atomic E-state index is 0.701. The maximum Gasteiger partial charge on any atom is 0.169 e. The SMILES string of the molecule is CC1=CC=C=C(OC2=CCC=C(Cl)C=C2)C=C1. The van der Waals surface area contributed by atoms with E-state index in [1.165, 1.54) is 5.57 Å². The predicted octanol–water partition coefficient (Wildman–Crippen LogP) is 4.52. The summed E-state index contributed by atoms with van der Waals surface area (Å²) in [5.41, 5.74) is 4.24. The highest BCUT2D eigenvalue weighted by Gasteiger charge is 2.01. The van der Waals surface area contributed by atoms with Crippen molar-refractivity contribution in [2.24, 2.45) is 0 Å². The van der Waals surface area contributed by atoms with Crippen LogP contribution in [0.1, 0.15) is 13.3 Å². The Labute approximate surface area is 106 Å². The molecule has 0 bridgehead atoms.